The molecule has 1 aliphatic rings. The molecule has 2 aromatic rings. The summed E-state index contributed by atoms with van der Waals surface area (Å²) in [6.07, 6.45) is 3.67. The maximum absolute atomic E-state index is 12.1. The highest BCUT2D eigenvalue weighted by Crippen LogP contribution is 2.30. The number of fused-ring (bicyclic) bond motifs is 1. The van der Waals surface area contributed by atoms with Gasteiger partial charge in [0.15, 0.2) is 11.5 Å². The predicted octanol–water partition coefficient (Wildman–Crippen LogP) is 2.73. The van der Waals surface area contributed by atoms with Gasteiger partial charge < -0.3 is 19.2 Å². The number of amides is 1. The highest BCUT2D eigenvalue weighted by Gasteiger charge is 2.14. The number of carbonyl (C=O) groups excluding carboxylic acids is 1. The number of hydrogen-bond acceptors (Lipinski definition) is 4. The van der Waals surface area contributed by atoms with Crippen LogP contribution in [0.5, 0.6) is 11.5 Å². The third-order valence-electron chi connectivity index (χ3n) is 3.78. The quantitative estimate of drug-likeness (QED) is 0.890. The standard InChI is InChI=1S/C18H21NO4/c1-13(4-6-15-3-2-8-21-15)19-18(20)12-14-5-7-16-17(11-14)23-10-9-22-16/h2-3,5,7-8,11,13H,4,6,9-10,12H2,1H3,(H,19,20). The second kappa shape index (κ2) is 7.22. The lowest BCUT2D eigenvalue weighted by Gasteiger charge is -2.19. The molecule has 0 radical (unpaired) electrons. The van der Waals surface area contributed by atoms with Crippen molar-refractivity contribution in [3.05, 3.63) is 47.9 Å². The second-order valence-electron chi connectivity index (χ2n) is 5.74. The van der Waals surface area contributed by atoms with Gasteiger partial charge in [-0.1, -0.05) is 6.07 Å². The van der Waals surface area contributed by atoms with Gasteiger partial charge >= 0.3 is 0 Å². The SMILES string of the molecule is CC(CCc1ccco1)NC(=O)Cc1ccc2c(c1)OCCO2. The number of rotatable bonds is 6. The lowest BCUT2D eigenvalue weighted by molar-refractivity contribution is -0.121. The Morgan fingerprint density at radius 2 is 2.04 bits per heavy atom. The van der Waals surface area contributed by atoms with E-state index in [9.17, 15) is 4.79 Å². The Bertz CT molecular complexity index is 651. The summed E-state index contributed by atoms with van der Waals surface area (Å²) in [6.45, 7) is 3.12. The zero-order chi connectivity index (χ0) is 16.1. The van der Waals surface area contributed by atoms with Crippen LogP contribution >= 0.6 is 0 Å². The fourth-order valence-electron chi connectivity index (χ4n) is 2.59. The van der Waals surface area contributed by atoms with Crippen molar-refractivity contribution >= 4 is 5.91 Å². The minimum atomic E-state index is 0.00798. The summed E-state index contributed by atoms with van der Waals surface area (Å²) in [6, 6.07) is 9.56. The highest BCUT2D eigenvalue weighted by atomic mass is 16.6. The minimum absolute atomic E-state index is 0.00798. The number of carbonyl (C=O) groups is 1. The average molecular weight is 315 g/mol. The number of hydrogen-bond donors (Lipinski definition) is 1. The molecule has 1 N–H and O–H groups in total. The van der Waals surface area contributed by atoms with E-state index in [0.29, 0.717) is 25.4 Å². The number of benzene rings is 1. The van der Waals surface area contributed by atoms with E-state index in [1.165, 1.54) is 0 Å². The summed E-state index contributed by atoms with van der Waals surface area (Å²) in [5, 5.41) is 3.02. The van der Waals surface area contributed by atoms with Crippen molar-refractivity contribution in [1.82, 2.24) is 5.32 Å². The molecule has 0 spiro atoms. The maximum atomic E-state index is 12.1. The summed E-state index contributed by atoms with van der Waals surface area (Å²) in [5.41, 5.74) is 0.921. The summed E-state index contributed by atoms with van der Waals surface area (Å²) in [4.78, 5) is 12.1. The van der Waals surface area contributed by atoms with Crippen LogP contribution in [0.15, 0.2) is 41.0 Å². The Kier molecular flexibility index (Phi) is 4.86. The molecule has 3 rings (SSSR count). The molecule has 0 fully saturated rings. The average Bonchev–Trinajstić information content (AvgIpc) is 3.06. The monoisotopic (exact) mass is 315 g/mol. The Hall–Kier alpha value is -2.43. The Morgan fingerprint density at radius 3 is 2.83 bits per heavy atom. The molecule has 1 aromatic heterocycles. The molecule has 5 nitrogen and oxygen atoms in total. The van der Waals surface area contributed by atoms with Gasteiger partial charge in [0.2, 0.25) is 5.91 Å². The molecule has 0 bridgehead atoms. The fraction of sp³-hybridized carbons (Fsp3) is 0.389. The smallest absolute Gasteiger partial charge is 0.224 e. The zero-order valence-electron chi connectivity index (χ0n) is 13.2. The van der Waals surface area contributed by atoms with Crippen molar-refractivity contribution < 1.29 is 18.7 Å². The van der Waals surface area contributed by atoms with Crippen molar-refractivity contribution in [2.45, 2.75) is 32.2 Å². The summed E-state index contributed by atoms with van der Waals surface area (Å²) in [7, 11) is 0. The molecule has 122 valence electrons. The first-order valence-corrected chi connectivity index (χ1v) is 7.91. The van der Waals surface area contributed by atoms with E-state index in [-0.39, 0.29) is 11.9 Å². The first-order chi connectivity index (χ1) is 11.2. The van der Waals surface area contributed by atoms with Crippen molar-refractivity contribution in [3.8, 4) is 11.5 Å². The van der Waals surface area contributed by atoms with Crippen LogP contribution in [0.2, 0.25) is 0 Å². The Morgan fingerprint density at radius 1 is 1.22 bits per heavy atom. The first-order valence-electron chi connectivity index (χ1n) is 7.91. The zero-order valence-corrected chi connectivity index (χ0v) is 13.2. The van der Waals surface area contributed by atoms with Gasteiger partial charge in [0.1, 0.15) is 19.0 Å². The highest BCUT2D eigenvalue weighted by molar-refractivity contribution is 5.79. The Labute approximate surface area is 135 Å². The van der Waals surface area contributed by atoms with Crippen LogP contribution in [-0.4, -0.2) is 25.2 Å². The van der Waals surface area contributed by atoms with Crippen molar-refractivity contribution in [1.29, 1.82) is 0 Å². The van der Waals surface area contributed by atoms with E-state index in [1.807, 2.05) is 37.3 Å². The van der Waals surface area contributed by atoms with Gasteiger partial charge in [0, 0.05) is 12.5 Å². The molecular weight excluding hydrogens is 294 g/mol. The molecule has 0 aliphatic carbocycles. The van der Waals surface area contributed by atoms with Crippen LogP contribution in [0.25, 0.3) is 0 Å². The minimum Gasteiger partial charge on any atom is -0.486 e. The van der Waals surface area contributed by atoms with Crippen LogP contribution in [0, 0.1) is 0 Å². The summed E-state index contributed by atoms with van der Waals surface area (Å²) < 4.78 is 16.3. The topological polar surface area (TPSA) is 60.7 Å². The largest absolute Gasteiger partial charge is 0.486 e. The Balaban J connectivity index is 1.48. The van der Waals surface area contributed by atoms with Crippen LogP contribution in [-0.2, 0) is 17.6 Å². The molecule has 1 aromatic carbocycles. The fourth-order valence-corrected chi connectivity index (χ4v) is 2.59. The molecule has 2 heterocycles. The summed E-state index contributed by atoms with van der Waals surface area (Å²) in [5.74, 6) is 2.41. The van der Waals surface area contributed by atoms with Gasteiger partial charge in [-0.05, 0) is 43.2 Å². The van der Waals surface area contributed by atoms with Crippen molar-refractivity contribution in [2.24, 2.45) is 0 Å². The van der Waals surface area contributed by atoms with E-state index < -0.39 is 0 Å². The van der Waals surface area contributed by atoms with E-state index in [4.69, 9.17) is 13.9 Å². The van der Waals surface area contributed by atoms with Gasteiger partial charge in [-0.2, -0.15) is 0 Å². The molecule has 1 amide bonds. The molecule has 1 atom stereocenters. The molecule has 1 unspecified atom stereocenters. The van der Waals surface area contributed by atoms with E-state index in [2.05, 4.69) is 5.32 Å². The number of aryl methyl sites for hydroxylation is 1. The predicted molar refractivity (Wildman–Crippen MR) is 85.8 cm³/mol. The van der Waals surface area contributed by atoms with Gasteiger partial charge in [-0.15, -0.1) is 0 Å². The van der Waals surface area contributed by atoms with Gasteiger partial charge in [-0.3, -0.25) is 4.79 Å². The van der Waals surface area contributed by atoms with Gasteiger partial charge in [0.05, 0.1) is 12.7 Å². The van der Waals surface area contributed by atoms with Gasteiger partial charge in [-0.25, -0.2) is 0 Å². The molecule has 23 heavy (non-hydrogen) atoms. The summed E-state index contributed by atoms with van der Waals surface area (Å²) >= 11 is 0. The van der Waals surface area contributed by atoms with E-state index in [1.54, 1.807) is 6.26 Å². The van der Waals surface area contributed by atoms with Crippen LogP contribution in [0.3, 0.4) is 0 Å². The first kappa shape index (κ1) is 15.5. The number of nitrogens with one attached hydrogen (secondary N) is 1. The molecule has 1 aliphatic heterocycles. The third-order valence-corrected chi connectivity index (χ3v) is 3.78. The molecule has 0 saturated heterocycles. The lowest BCUT2D eigenvalue weighted by Crippen LogP contribution is -2.34. The van der Waals surface area contributed by atoms with Crippen LogP contribution in [0.1, 0.15) is 24.7 Å². The normalized spacial score (nSPS) is 14.3. The number of ether oxygens (including phenoxy) is 2. The van der Waals surface area contributed by atoms with Crippen molar-refractivity contribution in [2.75, 3.05) is 13.2 Å². The number of furan rings is 1. The molecule has 5 heteroatoms. The van der Waals surface area contributed by atoms with Crippen LogP contribution < -0.4 is 14.8 Å². The second-order valence-corrected chi connectivity index (χ2v) is 5.74. The lowest BCUT2D eigenvalue weighted by atomic mass is 10.1. The van der Waals surface area contributed by atoms with Gasteiger partial charge in [0.25, 0.3) is 0 Å². The third kappa shape index (κ3) is 4.28. The van der Waals surface area contributed by atoms with E-state index in [0.717, 1.165) is 29.9 Å². The van der Waals surface area contributed by atoms with Crippen LogP contribution in [0.4, 0.5) is 0 Å². The molecular formula is C18H21NO4. The molecule has 0 saturated carbocycles. The van der Waals surface area contributed by atoms with Crippen molar-refractivity contribution in [3.63, 3.8) is 0 Å². The maximum Gasteiger partial charge on any atom is 0.224 e. The van der Waals surface area contributed by atoms with E-state index >= 15 is 0 Å².